The topological polar surface area (TPSA) is 20.2 Å². The Morgan fingerprint density at radius 2 is 1.54 bits per heavy atom. The molecular weight excluding hydrogens is 296 g/mol. The first-order chi connectivity index (χ1) is 6.18. The standard InChI is InChI=1S/C10H18Br2O/c1-2-3-4-5-6-7-8-9(11)10(12)13/h13H,2-8H2,1H3. The van der Waals surface area contributed by atoms with E-state index >= 15 is 0 Å². The predicted octanol–water partition coefficient (Wildman–Crippen LogP) is 5.25. The van der Waals surface area contributed by atoms with Crippen LogP contribution in [0.3, 0.4) is 0 Å². The summed E-state index contributed by atoms with van der Waals surface area (Å²) in [5.41, 5.74) is 0. The molecule has 0 radical (unpaired) electrons. The summed E-state index contributed by atoms with van der Waals surface area (Å²) in [7, 11) is 0. The summed E-state index contributed by atoms with van der Waals surface area (Å²) in [6, 6.07) is 0. The van der Waals surface area contributed by atoms with Crippen molar-refractivity contribution in [1.82, 2.24) is 0 Å². The van der Waals surface area contributed by atoms with Crippen molar-refractivity contribution in [3.8, 4) is 0 Å². The first-order valence-electron chi connectivity index (χ1n) is 4.91. The molecule has 0 saturated heterocycles. The van der Waals surface area contributed by atoms with Gasteiger partial charge in [0.05, 0.1) is 0 Å². The van der Waals surface area contributed by atoms with Gasteiger partial charge in [0.25, 0.3) is 0 Å². The minimum atomic E-state index is 0.237. The summed E-state index contributed by atoms with van der Waals surface area (Å²) < 4.78 is 1.11. The maximum Gasteiger partial charge on any atom is 0.169 e. The lowest BCUT2D eigenvalue weighted by atomic mass is 10.1. The molecule has 0 bridgehead atoms. The highest BCUT2D eigenvalue weighted by atomic mass is 79.9. The molecule has 0 aromatic heterocycles. The monoisotopic (exact) mass is 312 g/mol. The van der Waals surface area contributed by atoms with Gasteiger partial charge >= 0.3 is 0 Å². The third-order valence-corrected chi connectivity index (χ3v) is 3.76. The van der Waals surface area contributed by atoms with E-state index in [1.807, 2.05) is 0 Å². The lowest BCUT2D eigenvalue weighted by Gasteiger charge is -2.00. The van der Waals surface area contributed by atoms with E-state index in [1.54, 1.807) is 0 Å². The Morgan fingerprint density at radius 3 is 2.08 bits per heavy atom. The average Bonchev–Trinajstić information content (AvgIpc) is 2.10. The molecule has 3 heteroatoms. The van der Waals surface area contributed by atoms with Crippen LogP contribution in [0, 0.1) is 0 Å². The molecule has 0 aliphatic heterocycles. The van der Waals surface area contributed by atoms with E-state index < -0.39 is 0 Å². The van der Waals surface area contributed by atoms with Gasteiger partial charge < -0.3 is 5.11 Å². The molecule has 0 aromatic carbocycles. The molecular formula is C10H18Br2O. The number of aliphatic hydroxyl groups excluding tert-OH is 1. The Morgan fingerprint density at radius 1 is 1.00 bits per heavy atom. The van der Waals surface area contributed by atoms with Crippen molar-refractivity contribution < 1.29 is 5.11 Å². The van der Waals surface area contributed by atoms with Gasteiger partial charge in [-0.15, -0.1) is 0 Å². The molecule has 0 rings (SSSR count). The molecule has 0 amide bonds. The summed E-state index contributed by atoms with van der Waals surface area (Å²) in [5.74, 6) is 0. The summed E-state index contributed by atoms with van der Waals surface area (Å²) >= 11 is 6.33. The molecule has 0 fully saturated rings. The van der Waals surface area contributed by atoms with Crippen LogP contribution in [0.15, 0.2) is 9.15 Å². The van der Waals surface area contributed by atoms with E-state index in [0.717, 1.165) is 17.3 Å². The summed E-state index contributed by atoms with van der Waals surface area (Å²) in [5, 5.41) is 9.01. The van der Waals surface area contributed by atoms with Gasteiger partial charge in [0.15, 0.2) is 4.67 Å². The first kappa shape index (κ1) is 13.5. The molecule has 0 spiro atoms. The van der Waals surface area contributed by atoms with Crippen molar-refractivity contribution in [2.75, 3.05) is 0 Å². The van der Waals surface area contributed by atoms with Crippen molar-refractivity contribution >= 4 is 31.9 Å². The van der Waals surface area contributed by atoms with Crippen molar-refractivity contribution in [2.24, 2.45) is 0 Å². The molecule has 0 saturated carbocycles. The molecule has 1 nitrogen and oxygen atoms in total. The van der Waals surface area contributed by atoms with Gasteiger partial charge in [-0.2, -0.15) is 0 Å². The van der Waals surface area contributed by atoms with Crippen LogP contribution < -0.4 is 0 Å². The lowest BCUT2D eigenvalue weighted by molar-refractivity contribution is 0.455. The number of unbranched alkanes of at least 4 members (excludes halogenated alkanes) is 5. The zero-order valence-electron chi connectivity index (χ0n) is 8.15. The fraction of sp³-hybridized carbons (Fsp3) is 0.800. The Hall–Kier alpha value is 0.500. The number of hydrogen-bond acceptors (Lipinski definition) is 1. The zero-order valence-corrected chi connectivity index (χ0v) is 11.3. The van der Waals surface area contributed by atoms with Crippen LogP contribution in [0.4, 0.5) is 0 Å². The van der Waals surface area contributed by atoms with Crippen LogP contribution in [0.2, 0.25) is 0 Å². The lowest BCUT2D eigenvalue weighted by Crippen LogP contribution is -1.81. The molecule has 0 aliphatic rings. The molecule has 0 aromatic rings. The third kappa shape index (κ3) is 8.82. The zero-order chi connectivity index (χ0) is 10.1. The second-order valence-corrected chi connectivity index (χ2v) is 4.92. The molecule has 1 N–H and O–H groups in total. The van der Waals surface area contributed by atoms with E-state index in [2.05, 4.69) is 38.8 Å². The molecule has 0 unspecified atom stereocenters. The largest absolute Gasteiger partial charge is 0.501 e. The Kier molecular flexibility index (Phi) is 9.42. The van der Waals surface area contributed by atoms with Crippen molar-refractivity contribution in [3.05, 3.63) is 9.15 Å². The molecule has 0 aliphatic carbocycles. The fourth-order valence-corrected chi connectivity index (χ4v) is 1.64. The number of halogens is 2. The van der Waals surface area contributed by atoms with E-state index in [9.17, 15) is 0 Å². The van der Waals surface area contributed by atoms with Crippen molar-refractivity contribution in [1.29, 1.82) is 0 Å². The van der Waals surface area contributed by atoms with Crippen LogP contribution in [0.25, 0.3) is 0 Å². The van der Waals surface area contributed by atoms with Crippen molar-refractivity contribution in [3.63, 3.8) is 0 Å². The Labute approximate surface area is 97.9 Å². The van der Waals surface area contributed by atoms with Crippen LogP contribution in [-0.2, 0) is 0 Å². The second-order valence-electron chi connectivity index (χ2n) is 3.21. The van der Waals surface area contributed by atoms with E-state index in [1.165, 1.54) is 32.1 Å². The molecule has 78 valence electrons. The van der Waals surface area contributed by atoms with E-state index in [0.29, 0.717) is 0 Å². The van der Waals surface area contributed by atoms with Crippen LogP contribution >= 0.6 is 31.9 Å². The Balaban J connectivity index is 3.22. The predicted molar refractivity (Wildman–Crippen MR) is 65.5 cm³/mol. The minimum Gasteiger partial charge on any atom is -0.501 e. The fourth-order valence-electron chi connectivity index (χ4n) is 1.16. The smallest absolute Gasteiger partial charge is 0.169 e. The van der Waals surface area contributed by atoms with E-state index in [-0.39, 0.29) is 4.67 Å². The molecule has 13 heavy (non-hydrogen) atoms. The number of hydrogen-bond donors (Lipinski definition) is 1. The second kappa shape index (κ2) is 9.07. The summed E-state index contributed by atoms with van der Waals surface area (Å²) in [6.07, 6.45) is 8.65. The summed E-state index contributed by atoms with van der Waals surface area (Å²) in [4.78, 5) is 0. The number of allylic oxidation sites excluding steroid dienone is 1. The van der Waals surface area contributed by atoms with Gasteiger partial charge in [-0.25, -0.2) is 0 Å². The van der Waals surface area contributed by atoms with Gasteiger partial charge in [0.2, 0.25) is 0 Å². The van der Waals surface area contributed by atoms with E-state index in [4.69, 9.17) is 5.11 Å². The van der Waals surface area contributed by atoms with Gasteiger partial charge in [-0.05, 0) is 28.8 Å². The Bertz CT molecular complexity index is 151. The highest BCUT2D eigenvalue weighted by Crippen LogP contribution is 2.21. The number of aliphatic hydroxyl groups is 1. The van der Waals surface area contributed by atoms with Gasteiger partial charge in [-0.3, -0.25) is 0 Å². The first-order valence-corrected chi connectivity index (χ1v) is 6.50. The third-order valence-electron chi connectivity index (χ3n) is 1.97. The van der Waals surface area contributed by atoms with Gasteiger partial charge in [0, 0.05) is 4.48 Å². The molecule has 0 atom stereocenters. The summed E-state index contributed by atoms with van der Waals surface area (Å²) in [6.45, 7) is 2.22. The highest BCUT2D eigenvalue weighted by molar-refractivity contribution is 9.14. The van der Waals surface area contributed by atoms with Gasteiger partial charge in [-0.1, -0.05) is 55.0 Å². The maximum atomic E-state index is 9.01. The van der Waals surface area contributed by atoms with Crippen LogP contribution in [-0.4, -0.2) is 5.11 Å². The number of rotatable bonds is 7. The maximum absolute atomic E-state index is 9.01. The molecule has 0 heterocycles. The van der Waals surface area contributed by atoms with Crippen molar-refractivity contribution in [2.45, 2.75) is 51.9 Å². The quantitative estimate of drug-likeness (QED) is 0.502. The minimum absolute atomic E-state index is 0.237. The van der Waals surface area contributed by atoms with Crippen LogP contribution in [0.1, 0.15) is 51.9 Å². The SMILES string of the molecule is CCCCCCCCC(Br)=C(O)Br. The van der Waals surface area contributed by atoms with Gasteiger partial charge in [0.1, 0.15) is 0 Å². The average molecular weight is 314 g/mol. The normalized spacial score (nSPS) is 12.8. The van der Waals surface area contributed by atoms with Crippen LogP contribution in [0.5, 0.6) is 0 Å². The highest BCUT2D eigenvalue weighted by Gasteiger charge is 1.98.